The van der Waals surface area contributed by atoms with Crippen LogP contribution in [0.3, 0.4) is 0 Å². The molecular formula is C15H24N2O4S. The van der Waals surface area contributed by atoms with Gasteiger partial charge in [-0.3, -0.25) is 4.79 Å². The zero-order valence-electron chi connectivity index (χ0n) is 13.3. The fourth-order valence-electron chi connectivity index (χ4n) is 1.68. The van der Waals surface area contributed by atoms with Crippen molar-refractivity contribution in [2.24, 2.45) is 0 Å². The van der Waals surface area contributed by atoms with Crippen molar-refractivity contribution in [3.05, 3.63) is 24.3 Å². The smallest absolute Gasteiger partial charge is 0.241 e. The van der Waals surface area contributed by atoms with E-state index in [1.165, 1.54) is 12.1 Å². The minimum absolute atomic E-state index is 0.0207. The summed E-state index contributed by atoms with van der Waals surface area (Å²) in [5.74, 6) is 0.267. The molecule has 0 saturated carbocycles. The van der Waals surface area contributed by atoms with E-state index in [4.69, 9.17) is 4.74 Å². The number of carbonyl (C=O) groups excluding carboxylic acids is 1. The van der Waals surface area contributed by atoms with Gasteiger partial charge in [-0.1, -0.05) is 13.3 Å². The molecule has 0 saturated heterocycles. The molecule has 0 radical (unpaired) electrons. The highest BCUT2D eigenvalue weighted by Gasteiger charge is 2.15. The van der Waals surface area contributed by atoms with Crippen molar-refractivity contribution < 1.29 is 17.9 Å². The van der Waals surface area contributed by atoms with Gasteiger partial charge in [0, 0.05) is 6.54 Å². The molecule has 0 unspecified atom stereocenters. The normalized spacial score (nSPS) is 11.5. The highest BCUT2D eigenvalue weighted by molar-refractivity contribution is 7.89. The number of rotatable bonds is 9. The van der Waals surface area contributed by atoms with Crippen LogP contribution in [-0.4, -0.2) is 33.5 Å². The molecule has 6 nitrogen and oxygen atoms in total. The molecule has 0 heterocycles. The second kappa shape index (κ2) is 8.75. The third kappa shape index (κ3) is 6.44. The molecule has 1 amide bonds. The number of ether oxygens (including phenoxy) is 1. The number of hydrogen-bond acceptors (Lipinski definition) is 4. The van der Waals surface area contributed by atoms with Gasteiger partial charge in [-0.25, -0.2) is 13.1 Å². The third-order valence-electron chi connectivity index (χ3n) is 2.78. The lowest BCUT2D eigenvalue weighted by Crippen LogP contribution is -2.37. The summed E-state index contributed by atoms with van der Waals surface area (Å²) in [6.45, 7) is 6.09. The van der Waals surface area contributed by atoms with Gasteiger partial charge < -0.3 is 10.1 Å². The Balaban J connectivity index is 2.57. The average Bonchev–Trinajstić information content (AvgIpc) is 2.45. The van der Waals surface area contributed by atoms with Gasteiger partial charge in [0.1, 0.15) is 5.75 Å². The first-order chi connectivity index (χ1) is 10.3. The Kier molecular flexibility index (Phi) is 7.34. The number of unbranched alkanes of at least 4 members (excludes halogenated alkanes) is 1. The molecule has 0 aliphatic carbocycles. The van der Waals surface area contributed by atoms with E-state index in [-0.39, 0.29) is 23.5 Å². The first-order valence-corrected chi connectivity index (χ1v) is 8.86. The Labute approximate surface area is 132 Å². The fraction of sp³-hybridized carbons (Fsp3) is 0.533. The van der Waals surface area contributed by atoms with Crippen LogP contribution >= 0.6 is 0 Å². The molecule has 0 fully saturated rings. The summed E-state index contributed by atoms with van der Waals surface area (Å²) in [5, 5.41) is 2.65. The standard InChI is InChI=1S/C15H24N2O4S/c1-4-5-10-16-15(18)11-17-22(19,20)14-8-6-13(7-9-14)21-12(2)3/h6-9,12,17H,4-5,10-11H2,1-3H3,(H,16,18). The summed E-state index contributed by atoms with van der Waals surface area (Å²) in [7, 11) is -3.70. The zero-order valence-corrected chi connectivity index (χ0v) is 14.1. The first kappa shape index (κ1) is 18.4. The van der Waals surface area contributed by atoms with Crippen LogP contribution in [0.5, 0.6) is 5.75 Å². The summed E-state index contributed by atoms with van der Waals surface area (Å²) in [4.78, 5) is 11.6. The number of sulfonamides is 1. The van der Waals surface area contributed by atoms with Crippen molar-refractivity contribution in [3.63, 3.8) is 0 Å². The van der Waals surface area contributed by atoms with Gasteiger partial charge in [0.25, 0.3) is 0 Å². The number of amides is 1. The molecule has 0 aliphatic heterocycles. The van der Waals surface area contributed by atoms with Crippen molar-refractivity contribution in [1.29, 1.82) is 0 Å². The van der Waals surface area contributed by atoms with Crippen LogP contribution in [0.2, 0.25) is 0 Å². The second-order valence-corrected chi connectivity index (χ2v) is 6.93. The number of benzene rings is 1. The molecule has 2 N–H and O–H groups in total. The highest BCUT2D eigenvalue weighted by atomic mass is 32.2. The lowest BCUT2D eigenvalue weighted by Gasteiger charge is -2.11. The van der Waals surface area contributed by atoms with Crippen molar-refractivity contribution in [1.82, 2.24) is 10.0 Å². The van der Waals surface area contributed by atoms with E-state index in [1.54, 1.807) is 12.1 Å². The summed E-state index contributed by atoms with van der Waals surface area (Å²) in [6.07, 6.45) is 1.86. The summed E-state index contributed by atoms with van der Waals surface area (Å²) < 4.78 is 31.9. The third-order valence-corrected chi connectivity index (χ3v) is 4.20. The van der Waals surface area contributed by atoms with Crippen LogP contribution in [0, 0.1) is 0 Å². The topological polar surface area (TPSA) is 84.5 Å². The second-order valence-electron chi connectivity index (χ2n) is 5.17. The number of nitrogens with one attached hydrogen (secondary N) is 2. The van der Waals surface area contributed by atoms with Gasteiger partial charge in [0.05, 0.1) is 17.5 Å². The quantitative estimate of drug-likeness (QED) is 0.675. The van der Waals surface area contributed by atoms with Crippen LogP contribution < -0.4 is 14.8 Å². The predicted molar refractivity (Wildman–Crippen MR) is 85.3 cm³/mol. The highest BCUT2D eigenvalue weighted by Crippen LogP contribution is 2.16. The maximum atomic E-state index is 12.1. The molecule has 0 spiro atoms. The molecule has 1 aromatic carbocycles. The van der Waals surface area contributed by atoms with Crippen molar-refractivity contribution in [3.8, 4) is 5.75 Å². The Hall–Kier alpha value is -1.60. The van der Waals surface area contributed by atoms with Gasteiger partial charge in [0.2, 0.25) is 15.9 Å². The number of hydrogen-bond donors (Lipinski definition) is 2. The van der Waals surface area contributed by atoms with Crippen LogP contribution in [0.4, 0.5) is 0 Å². The van der Waals surface area contributed by atoms with Gasteiger partial charge in [-0.05, 0) is 44.5 Å². The largest absolute Gasteiger partial charge is 0.491 e. The van der Waals surface area contributed by atoms with E-state index in [1.807, 2.05) is 20.8 Å². The zero-order chi connectivity index (χ0) is 16.6. The van der Waals surface area contributed by atoms with Crippen LogP contribution in [0.25, 0.3) is 0 Å². The van der Waals surface area contributed by atoms with E-state index in [0.29, 0.717) is 12.3 Å². The lowest BCUT2D eigenvalue weighted by molar-refractivity contribution is -0.119. The van der Waals surface area contributed by atoms with Gasteiger partial charge in [-0.2, -0.15) is 0 Å². The summed E-state index contributed by atoms with van der Waals surface area (Å²) >= 11 is 0. The minimum Gasteiger partial charge on any atom is -0.491 e. The van der Waals surface area contributed by atoms with E-state index in [0.717, 1.165) is 12.8 Å². The van der Waals surface area contributed by atoms with Crippen molar-refractivity contribution in [2.75, 3.05) is 13.1 Å². The predicted octanol–water partition coefficient (Wildman–Crippen LogP) is 1.67. The van der Waals surface area contributed by atoms with E-state index >= 15 is 0 Å². The van der Waals surface area contributed by atoms with Crippen LogP contribution in [0.1, 0.15) is 33.6 Å². The maximum Gasteiger partial charge on any atom is 0.241 e. The van der Waals surface area contributed by atoms with E-state index in [9.17, 15) is 13.2 Å². The fourth-order valence-corrected chi connectivity index (χ4v) is 2.66. The molecule has 7 heteroatoms. The molecule has 22 heavy (non-hydrogen) atoms. The molecule has 1 rings (SSSR count). The van der Waals surface area contributed by atoms with E-state index < -0.39 is 10.0 Å². The maximum absolute atomic E-state index is 12.1. The van der Waals surface area contributed by atoms with Gasteiger partial charge in [-0.15, -0.1) is 0 Å². The molecule has 0 atom stereocenters. The summed E-state index contributed by atoms with van der Waals surface area (Å²) in [6, 6.07) is 6.09. The Bertz CT molecular complexity index is 568. The minimum atomic E-state index is -3.70. The monoisotopic (exact) mass is 328 g/mol. The molecule has 0 aliphatic rings. The van der Waals surface area contributed by atoms with Gasteiger partial charge in [0.15, 0.2) is 0 Å². The lowest BCUT2D eigenvalue weighted by atomic mass is 10.3. The van der Waals surface area contributed by atoms with Crippen molar-refractivity contribution in [2.45, 2.75) is 44.6 Å². The molecule has 0 aromatic heterocycles. The average molecular weight is 328 g/mol. The van der Waals surface area contributed by atoms with Crippen LogP contribution in [-0.2, 0) is 14.8 Å². The SMILES string of the molecule is CCCCNC(=O)CNS(=O)(=O)c1ccc(OC(C)C)cc1. The molecule has 124 valence electrons. The molecule has 0 bridgehead atoms. The molecular weight excluding hydrogens is 304 g/mol. The number of carbonyl (C=O) groups is 1. The Morgan fingerprint density at radius 3 is 2.41 bits per heavy atom. The Morgan fingerprint density at radius 1 is 1.23 bits per heavy atom. The molecule has 1 aromatic rings. The Morgan fingerprint density at radius 2 is 1.86 bits per heavy atom. The van der Waals surface area contributed by atoms with Gasteiger partial charge >= 0.3 is 0 Å². The first-order valence-electron chi connectivity index (χ1n) is 7.38. The van der Waals surface area contributed by atoms with Crippen molar-refractivity contribution >= 4 is 15.9 Å². The van der Waals surface area contributed by atoms with Crippen LogP contribution in [0.15, 0.2) is 29.2 Å². The van der Waals surface area contributed by atoms with E-state index in [2.05, 4.69) is 10.0 Å². The summed E-state index contributed by atoms with van der Waals surface area (Å²) in [5.41, 5.74) is 0.